The maximum atomic E-state index is 14.1. The standard InChI is InChI=1S/C33H34ClN3O5S/c1-3-35-33(39)31(22-25-12-6-4-7-13-25)36(23-26-14-10-11-17-30(26)34)32(38)24-37(43(2,40)41)27-18-20-29(21-19-27)42-28-15-8-5-9-16-28/h4-21,31H,3,22-24H2,1-2H3,(H,35,39)/t31-/m1/s1. The summed E-state index contributed by atoms with van der Waals surface area (Å²) < 4.78 is 32.9. The molecule has 0 heterocycles. The Morgan fingerprint density at radius 1 is 0.837 bits per heavy atom. The van der Waals surface area contributed by atoms with E-state index in [0.29, 0.717) is 28.6 Å². The monoisotopic (exact) mass is 619 g/mol. The Labute approximate surface area is 257 Å². The van der Waals surface area contributed by atoms with Crippen LogP contribution >= 0.6 is 11.6 Å². The fourth-order valence-electron chi connectivity index (χ4n) is 4.57. The molecule has 4 aromatic carbocycles. The third-order valence-corrected chi connectivity index (χ3v) is 8.21. The van der Waals surface area contributed by atoms with Crippen LogP contribution in [-0.4, -0.2) is 50.5 Å². The third kappa shape index (κ3) is 8.83. The van der Waals surface area contributed by atoms with E-state index in [-0.39, 0.29) is 24.6 Å². The minimum atomic E-state index is -3.90. The molecule has 0 aliphatic heterocycles. The molecule has 8 nitrogen and oxygen atoms in total. The van der Waals surface area contributed by atoms with E-state index in [4.69, 9.17) is 16.3 Å². The van der Waals surface area contributed by atoms with E-state index in [1.54, 1.807) is 55.5 Å². The highest BCUT2D eigenvalue weighted by atomic mass is 35.5. The van der Waals surface area contributed by atoms with Gasteiger partial charge in [0, 0.05) is 24.5 Å². The molecule has 2 amide bonds. The summed E-state index contributed by atoms with van der Waals surface area (Å²) in [6, 6.07) is 31.1. The Balaban J connectivity index is 1.67. The minimum absolute atomic E-state index is 0.00853. The number of sulfonamides is 1. The van der Waals surface area contributed by atoms with Crippen molar-refractivity contribution in [2.45, 2.75) is 25.9 Å². The molecule has 0 spiro atoms. The van der Waals surface area contributed by atoms with Crippen LogP contribution in [0.15, 0.2) is 109 Å². The van der Waals surface area contributed by atoms with Crippen LogP contribution in [0.25, 0.3) is 0 Å². The lowest BCUT2D eigenvalue weighted by molar-refractivity contribution is -0.140. The molecule has 4 rings (SSSR count). The number of rotatable bonds is 13. The van der Waals surface area contributed by atoms with E-state index in [1.165, 1.54) is 4.90 Å². The highest BCUT2D eigenvalue weighted by Crippen LogP contribution is 2.27. The summed E-state index contributed by atoms with van der Waals surface area (Å²) in [5.41, 5.74) is 1.77. The molecule has 0 bridgehead atoms. The van der Waals surface area contributed by atoms with Gasteiger partial charge in [-0.15, -0.1) is 0 Å². The zero-order chi connectivity index (χ0) is 30.8. The van der Waals surface area contributed by atoms with Crippen molar-refractivity contribution >= 4 is 39.1 Å². The molecule has 0 aromatic heterocycles. The number of amides is 2. The van der Waals surface area contributed by atoms with Crippen molar-refractivity contribution < 1.29 is 22.7 Å². The third-order valence-electron chi connectivity index (χ3n) is 6.70. The van der Waals surface area contributed by atoms with Crippen molar-refractivity contribution in [2.24, 2.45) is 0 Å². The molecule has 0 unspecified atom stereocenters. The average molecular weight is 620 g/mol. The topological polar surface area (TPSA) is 96.0 Å². The van der Waals surface area contributed by atoms with Crippen molar-refractivity contribution in [3.8, 4) is 11.5 Å². The molecular weight excluding hydrogens is 586 g/mol. The van der Waals surface area contributed by atoms with Crippen LogP contribution in [0.3, 0.4) is 0 Å². The molecule has 43 heavy (non-hydrogen) atoms. The summed E-state index contributed by atoms with van der Waals surface area (Å²) in [5.74, 6) is 0.242. The number of likely N-dealkylation sites (N-methyl/N-ethyl adjacent to an activating group) is 1. The number of anilines is 1. The molecule has 0 saturated carbocycles. The number of nitrogens with zero attached hydrogens (tertiary/aromatic N) is 2. The number of hydrogen-bond donors (Lipinski definition) is 1. The second-order valence-electron chi connectivity index (χ2n) is 9.89. The van der Waals surface area contributed by atoms with Gasteiger partial charge in [-0.2, -0.15) is 0 Å². The Kier molecular flexibility index (Phi) is 10.8. The smallest absolute Gasteiger partial charge is 0.244 e. The molecule has 1 atom stereocenters. The number of ether oxygens (including phenoxy) is 1. The van der Waals surface area contributed by atoms with E-state index in [0.717, 1.165) is 16.1 Å². The van der Waals surface area contributed by atoms with Crippen LogP contribution in [0.4, 0.5) is 5.69 Å². The van der Waals surface area contributed by atoms with E-state index >= 15 is 0 Å². The van der Waals surface area contributed by atoms with Gasteiger partial charge in [-0.05, 0) is 60.5 Å². The van der Waals surface area contributed by atoms with E-state index < -0.39 is 28.5 Å². The number of carbonyl (C=O) groups excluding carboxylic acids is 2. The van der Waals surface area contributed by atoms with Gasteiger partial charge in [0.15, 0.2) is 0 Å². The summed E-state index contributed by atoms with van der Waals surface area (Å²) in [6.45, 7) is 1.65. The van der Waals surface area contributed by atoms with Crippen LogP contribution in [0.5, 0.6) is 11.5 Å². The van der Waals surface area contributed by atoms with Gasteiger partial charge in [-0.3, -0.25) is 13.9 Å². The number of nitrogens with one attached hydrogen (secondary N) is 1. The molecule has 0 saturated heterocycles. The number of halogens is 1. The fraction of sp³-hybridized carbons (Fsp3) is 0.212. The lowest BCUT2D eigenvalue weighted by Gasteiger charge is -2.33. The summed E-state index contributed by atoms with van der Waals surface area (Å²) in [5, 5.41) is 3.27. The van der Waals surface area contributed by atoms with Gasteiger partial charge in [0.1, 0.15) is 24.1 Å². The van der Waals surface area contributed by atoms with Crippen LogP contribution in [0, 0.1) is 0 Å². The predicted molar refractivity (Wildman–Crippen MR) is 170 cm³/mol. The zero-order valence-electron chi connectivity index (χ0n) is 24.0. The normalized spacial score (nSPS) is 11.8. The van der Waals surface area contributed by atoms with Crippen LogP contribution in [0.2, 0.25) is 5.02 Å². The maximum absolute atomic E-state index is 14.1. The van der Waals surface area contributed by atoms with Crippen molar-refractivity contribution in [3.05, 3.63) is 125 Å². The quantitative estimate of drug-likeness (QED) is 0.208. The molecule has 0 aliphatic carbocycles. The van der Waals surface area contributed by atoms with Gasteiger partial charge in [0.25, 0.3) is 0 Å². The molecule has 4 aromatic rings. The SMILES string of the molecule is CCNC(=O)[C@@H](Cc1ccccc1)N(Cc1ccccc1Cl)C(=O)CN(c1ccc(Oc2ccccc2)cc1)S(C)(=O)=O. The second kappa shape index (κ2) is 14.7. The average Bonchev–Trinajstić information content (AvgIpc) is 2.99. The number of carbonyl (C=O) groups is 2. The van der Waals surface area contributed by atoms with Gasteiger partial charge >= 0.3 is 0 Å². The highest BCUT2D eigenvalue weighted by Gasteiger charge is 2.33. The summed E-state index contributed by atoms with van der Waals surface area (Å²) in [6.07, 6.45) is 1.27. The maximum Gasteiger partial charge on any atom is 0.244 e. The minimum Gasteiger partial charge on any atom is -0.457 e. The van der Waals surface area contributed by atoms with Crippen molar-refractivity contribution in [2.75, 3.05) is 23.7 Å². The van der Waals surface area contributed by atoms with E-state index in [9.17, 15) is 18.0 Å². The lowest BCUT2D eigenvalue weighted by Crippen LogP contribution is -2.53. The van der Waals surface area contributed by atoms with Crippen molar-refractivity contribution in [1.82, 2.24) is 10.2 Å². The molecule has 1 N–H and O–H groups in total. The largest absolute Gasteiger partial charge is 0.457 e. The fourth-order valence-corrected chi connectivity index (χ4v) is 5.62. The summed E-state index contributed by atoms with van der Waals surface area (Å²) in [7, 11) is -3.90. The van der Waals surface area contributed by atoms with Gasteiger partial charge in [0.2, 0.25) is 21.8 Å². The molecular formula is C33H34ClN3O5S. The van der Waals surface area contributed by atoms with Gasteiger partial charge < -0.3 is 15.0 Å². The zero-order valence-corrected chi connectivity index (χ0v) is 25.6. The Morgan fingerprint density at radius 3 is 2.02 bits per heavy atom. The Bertz CT molecular complexity index is 1620. The molecule has 0 fully saturated rings. The van der Waals surface area contributed by atoms with Gasteiger partial charge in [0.05, 0.1) is 11.9 Å². The first-order valence-corrected chi connectivity index (χ1v) is 16.0. The van der Waals surface area contributed by atoms with E-state index in [2.05, 4.69) is 5.32 Å². The molecule has 0 aliphatic rings. The van der Waals surface area contributed by atoms with Gasteiger partial charge in [-0.25, -0.2) is 8.42 Å². The highest BCUT2D eigenvalue weighted by molar-refractivity contribution is 7.92. The summed E-state index contributed by atoms with van der Waals surface area (Å²) >= 11 is 6.47. The first kappa shape index (κ1) is 31.6. The molecule has 224 valence electrons. The van der Waals surface area contributed by atoms with Crippen LogP contribution < -0.4 is 14.4 Å². The Morgan fingerprint density at radius 2 is 1.42 bits per heavy atom. The lowest BCUT2D eigenvalue weighted by atomic mass is 10.0. The van der Waals surface area contributed by atoms with Crippen molar-refractivity contribution in [3.63, 3.8) is 0 Å². The van der Waals surface area contributed by atoms with Crippen LogP contribution in [-0.2, 0) is 32.6 Å². The first-order chi connectivity index (χ1) is 20.7. The number of benzene rings is 4. The number of hydrogen-bond acceptors (Lipinski definition) is 5. The molecule has 10 heteroatoms. The Hall–Kier alpha value is -4.34. The van der Waals surface area contributed by atoms with Crippen molar-refractivity contribution in [1.29, 1.82) is 0 Å². The van der Waals surface area contributed by atoms with Gasteiger partial charge in [-0.1, -0.05) is 78.3 Å². The first-order valence-electron chi connectivity index (χ1n) is 13.8. The second-order valence-corrected chi connectivity index (χ2v) is 12.2. The van der Waals surface area contributed by atoms with Crippen LogP contribution in [0.1, 0.15) is 18.1 Å². The van der Waals surface area contributed by atoms with E-state index in [1.807, 2.05) is 60.7 Å². The summed E-state index contributed by atoms with van der Waals surface area (Å²) in [4.78, 5) is 28.9. The predicted octanol–water partition coefficient (Wildman–Crippen LogP) is 5.67. The molecule has 0 radical (unpaired) electrons. The number of para-hydroxylation sites is 1.